The highest BCUT2D eigenvalue weighted by Gasteiger charge is 2.09. The molecule has 0 spiro atoms. The van der Waals surface area contributed by atoms with Crippen LogP contribution < -0.4 is 0 Å². The molecule has 0 bridgehead atoms. The summed E-state index contributed by atoms with van der Waals surface area (Å²) >= 11 is 21.5. The second-order valence-electron chi connectivity index (χ2n) is 1.78. The highest BCUT2D eigenvalue weighted by Crippen LogP contribution is 2.40. The number of rotatable bonds is 0. The summed E-state index contributed by atoms with van der Waals surface area (Å²) in [5, 5.41) is 1.02. The summed E-state index contributed by atoms with van der Waals surface area (Å²) in [7, 11) is 0. The lowest BCUT2D eigenvalue weighted by Gasteiger charge is -2.03. The summed E-state index contributed by atoms with van der Waals surface area (Å²) < 4.78 is 2.42. The summed E-state index contributed by atoms with van der Waals surface area (Å²) in [4.78, 5) is 0. The number of benzene rings is 1. The fraction of sp³-hybridized carbons (Fsp3) is 0. The molecule has 0 atom stereocenters. The van der Waals surface area contributed by atoms with Crippen molar-refractivity contribution in [2.75, 3.05) is 0 Å². The summed E-state index contributed by atoms with van der Waals surface area (Å²) in [6.45, 7) is 0. The van der Waals surface area contributed by atoms with Gasteiger partial charge < -0.3 is 0 Å². The van der Waals surface area contributed by atoms with E-state index in [0.29, 0.717) is 10.0 Å². The lowest BCUT2D eigenvalue weighted by molar-refractivity contribution is 1.55. The average Bonchev–Trinajstić information content (AvgIpc) is 1.97. The molecule has 60 valence electrons. The number of hydrogen-bond donors (Lipinski definition) is 0. The molecule has 0 aliphatic heterocycles. The lowest BCUT2D eigenvalue weighted by atomic mass is 10.4. The van der Waals surface area contributed by atoms with Gasteiger partial charge in [0.1, 0.15) is 0 Å². The van der Waals surface area contributed by atoms with Crippen LogP contribution in [0.3, 0.4) is 0 Å². The molecule has 0 nitrogen and oxygen atoms in total. The molecular formula is C6HBr3Cl2. The Morgan fingerprint density at radius 1 is 0.909 bits per heavy atom. The standard InChI is InChI=1S/C6HBr3Cl2/c7-2-1-3(8)5(10)6(11)4(2)9/h1H. The second kappa shape index (κ2) is 3.97. The van der Waals surface area contributed by atoms with Gasteiger partial charge in [-0.3, -0.25) is 0 Å². The van der Waals surface area contributed by atoms with Gasteiger partial charge in [0.05, 0.1) is 14.5 Å². The Morgan fingerprint density at radius 2 is 1.45 bits per heavy atom. The lowest BCUT2D eigenvalue weighted by Crippen LogP contribution is -1.76. The molecule has 0 saturated heterocycles. The summed E-state index contributed by atoms with van der Waals surface area (Å²) in [6.07, 6.45) is 0. The van der Waals surface area contributed by atoms with Crippen LogP contribution in [0, 0.1) is 0 Å². The molecule has 0 unspecified atom stereocenters. The SMILES string of the molecule is Clc1c(Br)cc(Br)c(Br)c1Cl. The van der Waals surface area contributed by atoms with Gasteiger partial charge in [0.2, 0.25) is 0 Å². The summed E-state index contributed by atoms with van der Waals surface area (Å²) in [5.74, 6) is 0. The van der Waals surface area contributed by atoms with Gasteiger partial charge in [-0.25, -0.2) is 0 Å². The minimum absolute atomic E-state index is 0.507. The Balaban J connectivity index is 3.46. The van der Waals surface area contributed by atoms with Crippen molar-refractivity contribution in [1.29, 1.82) is 0 Å². The predicted octanol–water partition coefficient (Wildman–Crippen LogP) is 5.28. The maximum Gasteiger partial charge on any atom is 0.0757 e. The van der Waals surface area contributed by atoms with E-state index < -0.39 is 0 Å². The van der Waals surface area contributed by atoms with Crippen LogP contribution in [0.5, 0.6) is 0 Å². The first-order valence-electron chi connectivity index (χ1n) is 2.52. The molecule has 1 rings (SSSR count). The van der Waals surface area contributed by atoms with Gasteiger partial charge in [-0.15, -0.1) is 0 Å². The average molecular weight is 384 g/mol. The van der Waals surface area contributed by atoms with E-state index in [9.17, 15) is 0 Å². The van der Waals surface area contributed by atoms with Crippen molar-refractivity contribution < 1.29 is 0 Å². The van der Waals surface area contributed by atoms with E-state index in [1.165, 1.54) is 0 Å². The maximum absolute atomic E-state index is 5.85. The molecular weight excluding hydrogens is 383 g/mol. The van der Waals surface area contributed by atoms with Crippen LogP contribution in [-0.2, 0) is 0 Å². The first kappa shape index (κ1) is 10.3. The molecule has 0 heterocycles. The van der Waals surface area contributed by atoms with E-state index >= 15 is 0 Å². The van der Waals surface area contributed by atoms with Crippen LogP contribution >= 0.6 is 71.0 Å². The Hall–Kier alpha value is 1.24. The van der Waals surface area contributed by atoms with Crippen molar-refractivity contribution in [3.05, 3.63) is 29.5 Å². The van der Waals surface area contributed by atoms with E-state index in [1.54, 1.807) is 0 Å². The third-order valence-corrected chi connectivity index (χ3v) is 4.99. The molecule has 1 aromatic carbocycles. The van der Waals surface area contributed by atoms with E-state index in [-0.39, 0.29) is 0 Å². The van der Waals surface area contributed by atoms with E-state index in [1.807, 2.05) is 6.07 Å². The highest BCUT2D eigenvalue weighted by atomic mass is 79.9. The van der Waals surface area contributed by atoms with Crippen LogP contribution in [0.4, 0.5) is 0 Å². The second-order valence-corrected chi connectivity index (χ2v) is 5.04. The highest BCUT2D eigenvalue weighted by molar-refractivity contribution is 9.13. The molecule has 5 heteroatoms. The molecule has 1 aromatic rings. The van der Waals surface area contributed by atoms with Gasteiger partial charge in [0, 0.05) is 8.95 Å². The van der Waals surface area contributed by atoms with E-state index in [0.717, 1.165) is 13.4 Å². The van der Waals surface area contributed by atoms with Gasteiger partial charge in [0.15, 0.2) is 0 Å². The zero-order chi connectivity index (χ0) is 8.59. The first-order chi connectivity index (χ1) is 5.04. The third-order valence-electron chi connectivity index (χ3n) is 1.06. The fourth-order valence-corrected chi connectivity index (χ4v) is 2.71. The zero-order valence-corrected chi connectivity index (χ0v) is 11.2. The minimum Gasteiger partial charge on any atom is -0.0814 e. The fourth-order valence-electron chi connectivity index (χ4n) is 0.544. The quantitative estimate of drug-likeness (QED) is 0.422. The van der Waals surface area contributed by atoms with Gasteiger partial charge in [-0.05, 0) is 53.9 Å². The number of halogens is 5. The normalized spacial score (nSPS) is 10.3. The van der Waals surface area contributed by atoms with Crippen molar-refractivity contribution in [3.8, 4) is 0 Å². The summed E-state index contributed by atoms with van der Waals surface area (Å²) in [5.41, 5.74) is 0. The molecule has 0 radical (unpaired) electrons. The molecule has 0 aliphatic rings. The van der Waals surface area contributed by atoms with Crippen LogP contribution in [0.1, 0.15) is 0 Å². The van der Waals surface area contributed by atoms with Crippen LogP contribution in [-0.4, -0.2) is 0 Å². The van der Waals surface area contributed by atoms with Crippen LogP contribution in [0.15, 0.2) is 19.5 Å². The molecule has 0 fully saturated rings. The van der Waals surface area contributed by atoms with E-state index in [2.05, 4.69) is 47.8 Å². The van der Waals surface area contributed by atoms with Gasteiger partial charge >= 0.3 is 0 Å². The molecule has 0 amide bonds. The molecule has 11 heavy (non-hydrogen) atoms. The predicted molar refractivity (Wildman–Crippen MR) is 59.6 cm³/mol. The van der Waals surface area contributed by atoms with E-state index in [4.69, 9.17) is 23.2 Å². The molecule has 0 aromatic heterocycles. The molecule has 0 saturated carbocycles. The smallest absolute Gasteiger partial charge is 0.0757 e. The van der Waals surface area contributed by atoms with Gasteiger partial charge in [-0.2, -0.15) is 0 Å². The largest absolute Gasteiger partial charge is 0.0814 e. The zero-order valence-electron chi connectivity index (χ0n) is 4.97. The Bertz CT molecular complexity index is 272. The topological polar surface area (TPSA) is 0 Å². The van der Waals surface area contributed by atoms with Crippen LogP contribution in [0.2, 0.25) is 10.0 Å². The van der Waals surface area contributed by atoms with Crippen molar-refractivity contribution >= 4 is 71.0 Å². The van der Waals surface area contributed by atoms with Crippen molar-refractivity contribution in [2.24, 2.45) is 0 Å². The third kappa shape index (κ3) is 2.13. The van der Waals surface area contributed by atoms with Crippen molar-refractivity contribution in [1.82, 2.24) is 0 Å². The molecule has 0 aliphatic carbocycles. The minimum atomic E-state index is 0.507. The van der Waals surface area contributed by atoms with Crippen LogP contribution in [0.25, 0.3) is 0 Å². The Morgan fingerprint density at radius 3 is 2.00 bits per heavy atom. The Labute approximate surface area is 99.6 Å². The molecule has 0 N–H and O–H groups in total. The van der Waals surface area contributed by atoms with Gasteiger partial charge in [0.25, 0.3) is 0 Å². The maximum atomic E-state index is 5.85. The van der Waals surface area contributed by atoms with Crippen molar-refractivity contribution in [2.45, 2.75) is 0 Å². The number of hydrogen-bond acceptors (Lipinski definition) is 0. The van der Waals surface area contributed by atoms with Gasteiger partial charge in [-0.1, -0.05) is 23.2 Å². The Kier molecular flexibility index (Phi) is 3.72. The van der Waals surface area contributed by atoms with Crippen molar-refractivity contribution in [3.63, 3.8) is 0 Å². The first-order valence-corrected chi connectivity index (χ1v) is 5.66. The summed E-state index contributed by atoms with van der Waals surface area (Å²) in [6, 6.07) is 1.83. The monoisotopic (exact) mass is 380 g/mol.